The van der Waals surface area contributed by atoms with E-state index in [2.05, 4.69) is 17.5 Å². The fourth-order valence-corrected chi connectivity index (χ4v) is 2.28. The molecule has 3 N–H and O–H groups in total. The predicted octanol–water partition coefficient (Wildman–Crippen LogP) is 0.784. The highest BCUT2D eigenvalue weighted by Gasteiger charge is 2.35. The normalized spacial score (nSPS) is 39.5. The number of fused-ring (bicyclic) bond motifs is 2. The van der Waals surface area contributed by atoms with E-state index in [0.717, 1.165) is 5.92 Å². The van der Waals surface area contributed by atoms with Crippen molar-refractivity contribution < 1.29 is 0 Å². The summed E-state index contributed by atoms with van der Waals surface area (Å²) in [6.45, 7) is 0. The van der Waals surface area contributed by atoms with Gasteiger partial charge in [0.25, 0.3) is 0 Å². The van der Waals surface area contributed by atoms with Gasteiger partial charge in [0.2, 0.25) is 0 Å². The van der Waals surface area contributed by atoms with E-state index in [-0.39, 0.29) is 0 Å². The molecule has 2 aliphatic carbocycles. The molecule has 0 saturated heterocycles. The Balaban J connectivity index is 1.98. The van der Waals surface area contributed by atoms with Gasteiger partial charge in [-0.1, -0.05) is 12.2 Å². The van der Waals surface area contributed by atoms with Gasteiger partial charge in [-0.2, -0.15) is 0 Å². The van der Waals surface area contributed by atoms with Gasteiger partial charge < -0.3 is 11.1 Å². The average molecular weight is 168 g/mol. The molecule has 11 heavy (non-hydrogen) atoms. The standard InChI is InChI=1S/C8H12N2S/c9-8(11)10-7-4-5-1-2-6(7)3-5/h1-2,5-7H,3-4H2,(H3,9,10,11)/t5-,6+,7-/m0/s1. The topological polar surface area (TPSA) is 38.0 Å². The van der Waals surface area contributed by atoms with Crippen LogP contribution in [0.3, 0.4) is 0 Å². The second-order valence-electron chi connectivity index (χ2n) is 3.40. The number of hydrogen-bond acceptors (Lipinski definition) is 1. The fraction of sp³-hybridized carbons (Fsp3) is 0.625. The van der Waals surface area contributed by atoms with E-state index in [1.807, 2.05) is 0 Å². The summed E-state index contributed by atoms with van der Waals surface area (Å²) in [5.74, 6) is 1.47. The Labute approximate surface area is 71.8 Å². The third-order valence-electron chi connectivity index (χ3n) is 2.61. The minimum absolute atomic E-state index is 0.441. The lowest BCUT2D eigenvalue weighted by atomic mass is 10.0. The van der Waals surface area contributed by atoms with Gasteiger partial charge in [0.15, 0.2) is 5.11 Å². The molecule has 60 valence electrons. The summed E-state index contributed by atoms with van der Waals surface area (Å²) in [6.07, 6.45) is 7.09. The maximum absolute atomic E-state index is 5.40. The molecule has 2 nitrogen and oxygen atoms in total. The summed E-state index contributed by atoms with van der Waals surface area (Å²) < 4.78 is 0. The molecule has 0 heterocycles. The van der Waals surface area contributed by atoms with Gasteiger partial charge >= 0.3 is 0 Å². The summed E-state index contributed by atoms with van der Waals surface area (Å²) in [6, 6.07) is 0.516. The third kappa shape index (κ3) is 1.25. The van der Waals surface area contributed by atoms with Gasteiger partial charge in [-0.15, -0.1) is 0 Å². The lowest BCUT2D eigenvalue weighted by molar-refractivity contribution is 0.525. The van der Waals surface area contributed by atoms with E-state index in [4.69, 9.17) is 18.0 Å². The van der Waals surface area contributed by atoms with Gasteiger partial charge in [-0.3, -0.25) is 0 Å². The van der Waals surface area contributed by atoms with Gasteiger partial charge in [-0.25, -0.2) is 0 Å². The molecule has 0 spiro atoms. The zero-order chi connectivity index (χ0) is 7.84. The second kappa shape index (κ2) is 2.48. The van der Waals surface area contributed by atoms with E-state index in [1.54, 1.807) is 0 Å². The van der Waals surface area contributed by atoms with Crippen molar-refractivity contribution in [2.75, 3.05) is 0 Å². The number of rotatable bonds is 1. The van der Waals surface area contributed by atoms with Crippen LogP contribution in [0.15, 0.2) is 12.2 Å². The molecular formula is C8H12N2S. The number of hydrogen-bond donors (Lipinski definition) is 2. The molecule has 2 aliphatic rings. The van der Waals surface area contributed by atoms with E-state index < -0.39 is 0 Å². The molecule has 0 amide bonds. The molecule has 3 heteroatoms. The van der Waals surface area contributed by atoms with Gasteiger partial charge in [-0.05, 0) is 36.9 Å². The zero-order valence-electron chi connectivity index (χ0n) is 6.29. The van der Waals surface area contributed by atoms with Crippen LogP contribution in [-0.4, -0.2) is 11.2 Å². The first kappa shape index (κ1) is 7.10. The quantitative estimate of drug-likeness (QED) is 0.449. The highest BCUT2D eigenvalue weighted by molar-refractivity contribution is 7.80. The lowest BCUT2D eigenvalue weighted by Crippen LogP contribution is -2.40. The van der Waals surface area contributed by atoms with Crippen LogP contribution < -0.4 is 11.1 Å². The van der Waals surface area contributed by atoms with Gasteiger partial charge in [0.05, 0.1) is 0 Å². The number of nitrogens with two attached hydrogens (primary N) is 1. The summed E-state index contributed by atoms with van der Waals surface area (Å²) in [4.78, 5) is 0. The van der Waals surface area contributed by atoms with E-state index in [1.165, 1.54) is 12.8 Å². The molecule has 0 aliphatic heterocycles. The zero-order valence-corrected chi connectivity index (χ0v) is 7.10. The highest BCUT2D eigenvalue weighted by Crippen LogP contribution is 2.38. The van der Waals surface area contributed by atoms with E-state index in [9.17, 15) is 0 Å². The predicted molar refractivity (Wildman–Crippen MR) is 49.1 cm³/mol. The third-order valence-corrected chi connectivity index (χ3v) is 2.72. The number of allylic oxidation sites excluding steroid dienone is 1. The van der Waals surface area contributed by atoms with Crippen molar-refractivity contribution in [1.82, 2.24) is 5.32 Å². The Morgan fingerprint density at radius 3 is 2.73 bits per heavy atom. The lowest BCUT2D eigenvalue weighted by Gasteiger charge is -2.19. The van der Waals surface area contributed by atoms with Crippen molar-refractivity contribution >= 4 is 17.3 Å². The molecule has 3 atom stereocenters. The Bertz CT molecular complexity index is 212. The fourth-order valence-electron chi connectivity index (χ4n) is 2.13. The van der Waals surface area contributed by atoms with Crippen molar-refractivity contribution in [3.05, 3.63) is 12.2 Å². The van der Waals surface area contributed by atoms with Crippen LogP contribution in [0.2, 0.25) is 0 Å². The monoisotopic (exact) mass is 168 g/mol. The Morgan fingerprint density at radius 1 is 1.45 bits per heavy atom. The van der Waals surface area contributed by atoms with Crippen LogP contribution in [0.25, 0.3) is 0 Å². The molecule has 0 aromatic carbocycles. The molecular weight excluding hydrogens is 156 g/mol. The largest absolute Gasteiger partial charge is 0.376 e. The van der Waals surface area contributed by atoms with Crippen LogP contribution in [0.5, 0.6) is 0 Å². The summed E-state index contributed by atoms with van der Waals surface area (Å²) in [5, 5.41) is 3.57. The minimum atomic E-state index is 0.441. The Kier molecular flexibility index (Phi) is 1.60. The van der Waals surface area contributed by atoms with Crippen molar-refractivity contribution in [1.29, 1.82) is 0 Å². The van der Waals surface area contributed by atoms with Crippen molar-refractivity contribution in [3.63, 3.8) is 0 Å². The van der Waals surface area contributed by atoms with Crippen LogP contribution in [0, 0.1) is 11.8 Å². The van der Waals surface area contributed by atoms with Crippen LogP contribution in [-0.2, 0) is 0 Å². The van der Waals surface area contributed by atoms with Crippen LogP contribution >= 0.6 is 12.2 Å². The summed E-state index contributed by atoms with van der Waals surface area (Å²) in [7, 11) is 0. The SMILES string of the molecule is NC(=S)N[C@H]1C[C@H]2C=C[C@@H]1C2. The van der Waals surface area contributed by atoms with Crippen LogP contribution in [0.4, 0.5) is 0 Å². The van der Waals surface area contributed by atoms with E-state index >= 15 is 0 Å². The average Bonchev–Trinajstić information content (AvgIpc) is 2.45. The van der Waals surface area contributed by atoms with Gasteiger partial charge in [0.1, 0.15) is 0 Å². The number of nitrogens with one attached hydrogen (secondary N) is 1. The molecule has 1 fully saturated rings. The summed E-state index contributed by atoms with van der Waals surface area (Å²) >= 11 is 4.79. The maximum atomic E-state index is 5.40. The first-order valence-electron chi connectivity index (χ1n) is 4.00. The van der Waals surface area contributed by atoms with Crippen LogP contribution in [0.1, 0.15) is 12.8 Å². The minimum Gasteiger partial charge on any atom is -0.376 e. The number of thiocarbonyl (C=S) groups is 1. The molecule has 0 aromatic rings. The van der Waals surface area contributed by atoms with E-state index in [0.29, 0.717) is 17.1 Å². The van der Waals surface area contributed by atoms with Crippen molar-refractivity contribution in [3.8, 4) is 0 Å². The Hall–Kier alpha value is -0.570. The van der Waals surface area contributed by atoms with Crippen molar-refractivity contribution in [2.24, 2.45) is 17.6 Å². The molecule has 2 bridgehead atoms. The molecule has 0 radical (unpaired) electrons. The highest BCUT2D eigenvalue weighted by atomic mass is 32.1. The molecule has 2 rings (SSSR count). The molecule has 1 saturated carbocycles. The molecule has 0 aromatic heterocycles. The Morgan fingerprint density at radius 2 is 2.27 bits per heavy atom. The van der Waals surface area contributed by atoms with Gasteiger partial charge in [0, 0.05) is 6.04 Å². The second-order valence-corrected chi connectivity index (χ2v) is 3.84. The smallest absolute Gasteiger partial charge is 0.163 e. The van der Waals surface area contributed by atoms with Crippen molar-refractivity contribution in [2.45, 2.75) is 18.9 Å². The summed E-state index contributed by atoms with van der Waals surface area (Å²) in [5.41, 5.74) is 5.40. The molecule has 0 unspecified atom stereocenters. The first-order chi connectivity index (χ1) is 5.25. The maximum Gasteiger partial charge on any atom is 0.163 e. The first-order valence-corrected chi connectivity index (χ1v) is 4.41.